The fraction of sp³-hybridized carbons (Fsp3) is 0.393. The second kappa shape index (κ2) is 10.7. The van der Waals surface area contributed by atoms with Gasteiger partial charge in [-0.1, -0.05) is 37.3 Å². The number of carbonyl (C=O) groups excluding carboxylic acids is 1. The molecule has 33 heavy (non-hydrogen) atoms. The van der Waals surface area contributed by atoms with Crippen LogP contribution in [0.3, 0.4) is 0 Å². The molecule has 174 valence electrons. The third kappa shape index (κ3) is 5.85. The van der Waals surface area contributed by atoms with E-state index in [2.05, 4.69) is 23.2 Å². The lowest BCUT2D eigenvalue weighted by Crippen LogP contribution is -2.38. The summed E-state index contributed by atoms with van der Waals surface area (Å²) in [6, 6.07) is 20.0. The van der Waals surface area contributed by atoms with Crippen LogP contribution >= 0.6 is 0 Å². The number of rotatable bonds is 8. The number of aryl methyl sites for hydroxylation is 1. The zero-order valence-electron chi connectivity index (χ0n) is 19.8. The number of anilines is 1. The van der Waals surface area contributed by atoms with Gasteiger partial charge in [-0.15, -0.1) is 0 Å². The minimum atomic E-state index is 0.0461. The highest BCUT2D eigenvalue weighted by Gasteiger charge is 2.26. The summed E-state index contributed by atoms with van der Waals surface area (Å²) in [5.74, 6) is 3.41. The first-order valence-electron chi connectivity index (χ1n) is 11.9. The van der Waals surface area contributed by atoms with Crippen LogP contribution in [0.5, 0.6) is 5.75 Å². The molecule has 0 aliphatic carbocycles. The van der Waals surface area contributed by atoms with Gasteiger partial charge in [-0.3, -0.25) is 4.79 Å². The number of furan rings is 1. The smallest absolute Gasteiger partial charge is 0.227 e. The van der Waals surface area contributed by atoms with E-state index in [-0.39, 0.29) is 11.8 Å². The molecule has 1 fully saturated rings. The van der Waals surface area contributed by atoms with Crippen LogP contribution in [-0.4, -0.2) is 37.6 Å². The first-order chi connectivity index (χ1) is 16.0. The highest BCUT2D eigenvalue weighted by Crippen LogP contribution is 2.31. The first kappa shape index (κ1) is 23.1. The highest BCUT2D eigenvalue weighted by atomic mass is 16.5. The van der Waals surface area contributed by atoms with Crippen molar-refractivity contribution in [3.63, 3.8) is 0 Å². The Morgan fingerprint density at radius 2 is 1.91 bits per heavy atom. The molecule has 1 aliphatic rings. The van der Waals surface area contributed by atoms with Crippen molar-refractivity contribution in [3.05, 3.63) is 72.2 Å². The number of benzene rings is 2. The molecule has 0 bridgehead atoms. The zero-order chi connectivity index (χ0) is 23.2. The van der Waals surface area contributed by atoms with Gasteiger partial charge >= 0.3 is 0 Å². The summed E-state index contributed by atoms with van der Waals surface area (Å²) >= 11 is 0. The molecule has 0 saturated carbocycles. The Hall–Kier alpha value is -3.05. The maximum absolute atomic E-state index is 13.1. The first-order valence-corrected chi connectivity index (χ1v) is 11.9. The van der Waals surface area contributed by atoms with E-state index in [1.54, 1.807) is 7.11 Å². The van der Waals surface area contributed by atoms with Gasteiger partial charge in [0.05, 0.1) is 7.11 Å². The van der Waals surface area contributed by atoms with E-state index in [0.29, 0.717) is 5.92 Å². The topological polar surface area (TPSA) is 54.7 Å². The van der Waals surface area contributed by atoms with Gasteiger partial charge in [-0.25, -0.2) is 0 Å². The maximum Gasteiger partial charge on any atom is 0.227 e. The molecule has 4 rings (SSSR count). The van der Waals surface area contributed by atoms with Crippen molar-refractivity contribution in [1.82, 2.24) is 4.90 Å². The van der Waals surface area contributed by atoms with Crippen molar-refractivity contribution in [2.45, 2.75) is 39.0 Å². The number of nitrogens with zero attached hydrogens (tertiary/aromatic N) is 1. The lowest BCUT2D eigenvalue weighted by Gasteiger charge is -2.32. The predicted octanol–water partition coefficient (Wildman–Crippen LogP) is 6.11. The fourth-order valence-electron chi connectivity index (χ4n) is 4.52. The summed E-state index contributed by atoms with van der Waals surface area (Å²) in [5, 5.41) is 3.19. The molecular formula is C28H34N2O3. The second-order valence-corrected chi connectivity index (χ2v) is 9.02. The number of likely N-dealkylation sites (tertiary alicyclic amines) is 1. The molecule has 0 spiro atoms. The number of methoxy groups -OCH3 is 1. The van der Waals surface area contributed by atoms with E-state index in [4.69, 9.17) is 9.15 Å². The molecule has 1 aromatic heterocycles. The molecule has 5 heteroatoms. The SMILES string of the molecule is COc1cccc(-c2ccccc2NC(=O)C2CCN(CCC(C)c3ccc(C)o3)CC2)c1. The van der Waals surface area contributed by atoms with Gasteiger partial charge in [0.1, 0.15) is 17.3 Å². The summed E-state index contributed by atoms with van der Waals surface area (Å²) in [4.78, 5) is 15.5. The molecule has 2 aromatic carbocycles. The van der Waals surface area contributed by atoms with Crippen LogP contribution in [0, 0.1) is 12.8 Å². The number of carbonyl (C=O) groups is 1. The van der Waals surface area contributed by atoms with Gasteiger partial charge in [0.25, 0.3) is 0 Å². The Labute approximate surface area is 196 Å². The van der Waals surface area contributed by atoms with E-state index >= 15 is 0 Å². The second-order valence-electron chi connectivity index (χ2n) is 9.02. The summed E-state index contributed by atoms with van der Waals surface area (Å²) in [6.45, 7) is 7.16. The fourth-order valence-corrected chi connectivity index (χ4v) is 4.52. The number of hydrogen-bond donors (Lipinski definition) is 1. The van der Waals surface area contributed by atoms with Crippen molar-refractivity contribution in [2.24, 2.45) is 5.92 Å². The monoisotopic (exact) mass is 446 g/mol. The third-order valence-electron chi connectivity index (χ3n) is 6.65. The Morgan fingerprint density at radius 3 is 2.64 bits per heavy atom. The number of ether oxygens (including phenoxy) is 1. The minimum absolute atomic E-state index is 0.0461. The standard InChI is InChI=1S/C28H34N2O3/c1-20(27-12-11-21(2)33-27)13-16-30-17-14-22(15-18-30)28(31)29-26-10-5-4-9-25(26)23-7-6-8-24(19-23)32-3/h4-12,19-20,22H,13-18H2,1-3H3,(H,29,31). The Balaban J connectivity index is 1.31. The predicted molar refractivity (Wildman–Crippen MR) is 133 cm³/mol. The average Bonchev–Trinajstić information content (AvgIpc) is 3.29. The molecule has 2 heterocycles. The molecule has 1 N–H and O–H groups in total. The van der Waals surface area contributed by atoms with Gasteiger partial charge in [-0.2, -0.15) is 0 Å². The number of hydrogen-bond acceptors (Lipinski definition) is 4. The summed E-state index contributed by atoms with van der Waals surface area (Å²) in [5.41, 5.74) is 2.88. The van der Waals surface area contributed by atoms with Gasteiger partial charge in [0, 0.05) is 23.1 Å². The average molecular weight is 447 g/mol. The quantitative estimate of drug-likeness (QED) is 0.454. The van der Waals surface area contributed by atoms with E-state index in [1.807, 2.05) is 61.5 Å². The van der Waals surface area contributed by atoms with Crippen LogP contribution in [0.4, 0.5) is 5.69 Å². The molecule has 3 aromatic rings. The molecule has 0 radical (unpaired) electrons. The summed E-state index contributed by atoms with van der Waals surface area (Å²) in [6.07, 6.45) is 2.85. The van der Waals surface area contributed by atoms with Gasteiger partial charge in [0.2, 0.25) is 5.91 Å². The molecular weight excluding hydrogens is 412 g/mol. The maximum atomic E-state index is 13.1. The molecule has 1 saturated heterocycles. The number of amides is 1. The largest absolute Gasteiger partial charge is 0.497 e. The van der Waals surface area contributed by atoms with Crippen LogP contribution < -0.4 is 10.1 Å². The lowest BCUT2D eigenvalue weighted by molar-refractivity contribution is -0.121. The van der Waals surface area contributed by atoms with Crippen molar-refractivity contribution in [3.8, 4) is 16.9 Å². The van der Waals surface area contributed by atoms with Crippen LogP contribution in [-0.2, 0) is 4.79 Å². The third-order valence-corrected chi connectivity index (χ3v) is 6.65. The van der Waals surface area contributed by atoms with E-state index in [9.17, 15) is 4.79 Å². The Kier molecular flexibility index (Phi) is 7.50. The van der Waals surface area contributed by atoms with E-state index in [1.165, 1.54) is 0 Å². The van der Waals surface area contributed by atoms with E-state index < -0.39 is 0 Å². The van der Waals surface area contributed by atoms with Crippen molar-refractivity contribution < 1.29 is 13.9 Å². The molecule has 1 amide bonds. The molecule has 1 atom stereocenters. The number of nitrogens with one attached hydrogen (secondary N) is 1. The lowest BCUT2D eigenvalue weighted by atomic mass is 9.94. The minimum Gasteiger partial charge on any atom is -0.497 e. The molecule has 5 nitrogen and oxygen atoms in total. The van der Waals surface area contributed by atoms with Crippen LogP contribution in [0.1, 0.15) is 43.6 Å². The zero-order valence-corrected chi connectivity index (χ0v) is 19.8. The highest BCUT2D eigenvalue weighted by molar-refractivity contribution is 5.96. The Morgan fingerprint density at radius 1 is 1.12 bits per heavy atom. The van der Waals surface area contributed by atoms with Gasteiger partial charge in [0.15, 0.2) is 0 Å². The van der Waals surface area contributed by atoms with Gasteiger partial charge < -0.3 is 19.4 Å². The number of piperidine rings is 1. The van der Waals surface area contributed by atoms with Crippen molar-refractivity contribution in [2.75, 3.05) is 32.1 Å². The normalized spacial score (nSPS) is 15.8. The summed E-state index contributed by atoms with van der Waals surface area (Å²) < 4.78 is 11.1. The molecule has 1 aliphatic heterocycles. The van der Waals surface area contributed by atoms with Crippen molar-refractivity contribution >= 4 is 11.6 Å². The van der Waals surface area contributed by atoms with E-state index in [0.717, 1.165) is 73.0 Å². The van der Waals surface area contributed by atoms with Crippen LogP contribution in [0.25, 0.3) is 11.1 Å². The summed E-state index contributed by atoms with van der Waals surface area (Å²) in [7, 11) is 1.66. The van der Waals surface area contributed by atoms with Crippen LogP contribution in [0.15, 0.2) is 65.1 Å². The Bertz CT molecular complexity index is 1070. The number of para-hydroxylation sites is 1. The molecule has 1 unspecified atom stereocenters. The van der Waals surface area contributed by atoms with Crippen LogP contribution in [0.2, 0.25) is 0 Å². The van der Waals surface area contributed by atoms with Crippen molar-refractivity contribution in [1.29, 1.82) is 0 Å². The van der Waals surface area contributed by atoms with Gasteiger partial charge in [-0.05, 0) is 81.7 Å².